The van der Waals surface area contributed by atoms with Gasteiger partial charge >= 0.3 is 263 Å². The summed E-state index contributed by atoms with van der Waals surface area (Å²) in [7, 11) is 0. The first-order valence-electron chi connectivity index (χ1n) is 15.2. The van der Waals surface area contributed by atoms with Crippen molar-refractivity contribution in [2.45, 2.75) is 118 Å². The number of benzene rings is 1. The van der Waals surface area contributed by atoms with Crippen molar-refractivity contribution in [3.63, 3.8) is 0 Å². The van der Waals surface area contributed by atoms with Gasteiger partial charge in [0.15, 0.2) is 0 Å². The van der Waals surface area contributed by atoms with Gasteiger partial charge in [-0.25, -0.2) is 0 Å². The molecule has 2 unspecified atom stereocenters. The Morgan fingerprint density at radius 1 is 0.632 bits per heavy atom. The van der Waals surface area contributed by atoms with E-state index in [0.29, 0.717) is 0 Å². The molecule has 0 aliphatic heterocycles. The van der Waals surface area contributed by atoms with Gasteiger partial charge in [0.2, 0.25) is 0 Å². The Bertz CT molecular complexity index is 1020. The summed E-state index contributed by atoms with van der Waals surface area (Å²) in [4.78, 5) is 18.9. The van der Waals surface area contributed by atoms with E-state index < -0.39 is 36.8 Å². The zero-order valence-electron chi connectivity index (χ0n) is 26.0. The number of fused-ring (bicyclic) bond motifs is 2. The second-order valence-electron chi connectivity index (χ2n) is 13.3. The van der Waals surface area contributed by atoms with E-state index in [1.807, 2.05) is 0 Å². The van der Waals surface area contributed by atoms with E-state index in [9.17, 15) is 0 Å². The summed E-state index contributed by atoms with van der Waals surface area (Å²) in [6.45, 7) is 9.49. The van der Waals surface area contributed by atoms with E-state index in [1.165, 1.54) is 62.9 Å². The van der Waals surface area contributed by atoms with Gasteiger partial charge in [0.05, 0.1) is 0 Å². The van der Waals surface area contributed by atoms with Crippen molar-refractivity contribution in [2.24, 2.45) is 11.8 Å². The SMILES string of the molecule is CCCCC(CC)CSc1c2c[c]([Sn]([CH3])([CH3])[CH3])sc2c(SCC(CC)CCCC)c2c[c]([Sn]([CH3])([CH3])[CH3])sc12. The van der Waals surface area contributed by atoms with Crippen molar-refractivity contribution in [1.82, 2.24) is 0 Å². The van der Waals surface area contributed by atoms with E-state index in [0.717, 1.165) is 11.8 Å². The molecule has 0 bridgehead atoms. The molecule has 2 aromatic heterocycles. The second kappa shape index (κ2) is 15.2. The maximum atomic E-state index is 2.68. The van der Waals surface area contributed by atoms with Gasteiger partial charge in [-0.1, -0.05) is 0 Å². The van der Waals surface area contributed by atoms with Crippen molar-refractivity contribution < 1.29 is 0 Å². The van der Waals surface area contributed by atoms with Gasteiger partial charge in [-0.3, -0.25) is 0 Å². The molecule has 3 rings (SSSR count). The number of unbranched alkanes of at least 4 members (excludes halogenated alkanes) is 2. The first-order chi connectivity index (χ1) is 17.9. The van der Waals surface area contributed by atoms with Crippen LogP contribution in [0.25, 0.3) is 20.2 Å². The number of hydrogen-bond donors (Lipinski definition) is 0. The van der Waals surface area contributed by atoms with E-state index in [1.54, 1.807) is 35.7 Å². The minimum absolute atomic E-state index is 0.837. The first-order valence-corrected chi connectivity index (χ1v) is 38.8. The zero-order valence-corrected chi connectivity index (χ0v) is 35.0. The normalized spacial score (nSPS) is 14.6. The molecule has 214 valence electrons. The van der Waals surface area contributed by atoms with E-state index in [4.69, 9.17) is 0 Å². The molecule has 38 heavy (non-hydrogen) atoms. The summed E-state index contributed by atoms with van der Waals surface area (Å²) >= 11 is 4.43. The third-order valence-corrected chi connectivity index (χ3v) is 32.0. The molecule has 2 heterocycles. The monoisotopic (exact) mass is 806 g/mol. The van der Waals surface area contributed by atoms with Gasteiger partial charge < -0.3 is 0 Å². The molecule has 0 spiro atoms. The van der Waals surface area contributed by atoms with Gasteiger partial charge in [0, 0.05) is 0 Å². The van der Waals surface area contributed by atoms with Crippen molar-refractivity contribution >= 4 is 109 Å². The van der Waals surface area contributed by atoms with Crippen LogP contribution >= 0.6 is 46.2 Å². The van der Waals surface area contributed by atoms with Crippen LogP contribution in [-0.4, -0.2) is 48.3 Å². The molecule has 0 aliphatic rings. The van der Waals surface area contributed by atoms with Crippen LogP contribution in [0.15, 0.2) is 21.9 Å². The van der Waals surface area contributed by atoms with E-state index >= 15 is 0 Å². The molecule has 0 saturated heterocycles. The molecule has 2 atom stereocenters. The molecule has 0 nitrogen and oxygen atoms in total. The topological polar surface area (TPSA) is 0 Å². The summed E-state index contributed by atoms with van der Waals surface area (Å²) in [5.74, 6) is 4.23. The van der Waals surface area contributed by atoms with Crippen molar-refractivity contribution in [2.75, 3.05) is 11.5 Å². The molecule has 0 saturated carbocycles. The van der Waals surface area contributed by atoms with Crippen molar-refractivity contribution in [1.29, 1.82) is 0 Å². The third-order valence-electron chi connectivity index (χ3n) is 7.86. The summed E-state index contributed by atoms with van der Waals surface area (Å²) in [5.41, 5.74) is 0. The molecule has 6 heteroatoms. The van der Waals surface area contributed by atoms with Gasteiger partial charge in [-0.05, 0) is 0 Å². The van der Waals surface area contributed by atoms with E-state index in [2.05, 4.69) is 116 Å². The van der Waals surface area contributed by atoms with Crippen LogP contribution in [0.2, 0.25) is 29.6 Å². The Hall–Kier alpha value is 1.44. The van der Waals surface area contributed by atoms with Gasteiger partial charge in [0.25, 0.3) is 0 Å². The fourth-order valence-corrected chi connectivity index (χ4v) is 21.0. The Balaban J connectivity index is 2.18. The predicted octanol–water partition coefficient (Wildman–Crippen LogP) is 11.8. The molecule has 0 N–H and O–H groups in total. The van der Waals surface area contributed by atoms with E-state index in [-0.39, 0.29) is 0 Å². The zero-order chi connectivity index (χ0) is 28.1. The quantitative estimate of drug-likeness (QED) is 0.104. The summed E-state index contributed by atoms with van der Waals surface area (Å²) < 4.78 is 6.77. The third kappa shape index (κ3) is 8.73. The molecule has 0 radical (unpaired) electrons. The minimum atomic E-state index is -2.19. The van der Waals surface area contributed by atoms with Crippen molar-refractivity contribution in [3.05, 3.63) is 12.1 Å². The molecule has 0 fully saturated rings. The maximum absolute atomic E-state index is 2.68. The molecular weight excluding hydrogens is 750 g/mol. The Labute approximate surface area is 260 Å². The number of hydrogen-bond acceptors (Lipinski definition) is 4. The van der Waals surface area contributed by atoms with Crippen LogP contribution in [0.3, 0.4) is 0 Å². The fraction of sp³-hybridized carbons (Fsp3) is 0.688. The van der Waals surface area contributed by atoms with Gasteiger partial charge in [-0.15, -0.1) is 0 Å². The van der Waals surface area contributed by atoms with Crippen LogP contribution in [0.4, 0.5) is 0 Å². The molecule has 3 aromatic rings. The van der Waals surface area contributed by atoms with Crippen LogP contribution < -0.4 is 5.79 Å². The van der Waals surface area contributed by atoms with Crippen molar-refractivity contribution in [3.8, 4) is 0 Å². The summed E-state index contributed by atoms with van der Waals surface area (Å²) in [6.07, 6.45) is 10.8. The predicted molar refractivity (Wildman–Crippen MR) is 191 cm³/mol. The Morgan fingerprint density at radius 2 is 1.00 bits per heavy atom. The Kier molecular flexibility index (Phi) is 13.6. The number of rotatable bonds is 16. The van der Waals surface area contributed by atoms with Crippen LogP contribution in [0.1, 0.15) is 79.1 Å². The second-order valence-corrected chi connectivity index (χ2v) is 48.3. The standard InChI is InChI=1S/C26H36S4.6CH3.2Sn/c1-5-9-11-19(7-3)17-29-25-21-13-15-28-24(21)26(22-14-16-27-23(22)25)30-18-20(8-4)12-10-6-2;;;;;;;;/h13-14,19-20H,5-12,17-18H2,1-4H3;6*1H3;;. The van der Waals surface area contributed by atoms with Crippen LogP contribution in [0, 0.1) is 11.8 Å². The average Bonchev–Trinajstić information content (AvgIpc) is 3.50. The summed E-state index contributed by atoms with van der Waals surface area (Å²) in [5, 5.41) is 3.22. The summed E-state index contributed by atoms with van der Waals surface area (Å²) in [6, 6.07) is 5.37. The fourth-order valence-electron chi connectivity index (χ4n) is 4.93. The number of thioether (sulfide) groups is 2. The molecular formula is C32H54S4Sn2. The molecule has 1 aromatic carbocycles. The van der Waals surface area contributed by atoms with Crippen LogP contribution in [-0.2, 0) is 0 Å². The first kappa shape index (κ1) is 33.9. The average molecular weight is 804 g/mol. The molecule has 0 amide bonds. The van der Waals surface area contributed by atoms with Gasteiger partial charge in [0.1, 0.15) is 0 Å². The van der Waals surface area contributed by atoms with Gasteiger partial charge in [-0.2, -0.15) is 0 Å². The number of thiophene rings is 2. The molecule has 0 aliphatic carbocycles. The Morgan fingerprint density at radius 3 is 1.29 bits per heavy atom. The van der Waals surface area contributed by atoms with Crippen LogP contribution in [0.5, 0.6) is 0 Å².